The number of aliphatic hydroxyl groups excluding tert-OH is 1. The van der Waals surface area contributed by atoms with Gasteiger partial charge >= 0.3 is 0 Å². The quantitative estimate of drug-likeness (QED) is 0.732. The number of rotatable bonds is 8. The van der Waals surface area contributed by atoms with Crippen LogP contribution in [0.25, 0.3) is 0 Å². The maximum absolute atomic E-state index is 12.1. The van der Waals surface area contributed by atoms with Crippen LogP contribution in [0.3, 0.4) is 0 Å². The molecule has 0 aliphatic heterocycles. The van der Waals surface area contributed by atoms with Gasteiger partial charge in [0.05, 0.1) is 0 Å². The van der Waals surface area contributed by atoms with E-state index < -0.39 is 6.10 Å². The summed E-state index contributed by atoms with van der Waals surface area (Å²) in [5.74, 6) is 0.685. The summed E-state index contributed by atoms with van der Waals surface area (Å²) in [6.07, 6.45) is 2.14. The van der Waals surface area contributed by atoms with Crippen molar-refractivity contribution in [1.82, 2.24) is 4.90 Å². The summed E-state index contributed by atoms with van der Waals surface area (Å²) < 4.78 is 5.59. The number of nitrogens with zero attached hydrogens (tertiary/aromatic N) is 1. The maximum Gasteiger partial charge on any atom is 0.263 e. The van der Waals surface area contributed by atoms with Gasteiger partial charge in [-0.15, -0.1) is 0 Å². The molecule has 4 heteroatoms. The Balaban J connectivity index is 2.35. The topological polar surface area (TPSA) is 49.8 Å². The zero-order valence-corrected chi connectivity index (χ0v) is 11.7. The van der Waals surface area contributed by atoms with Crippen molar-refractivity contribution in [3.63, 3.8) is 0 Å². The molecule has 0 radical (unpaired) electrons. The van der Waals surface area contributed by atoms with Crippen LogP contribution in [0.1, 0.15) is 26.2 Å². The van der Waals surface area contributed by atoms with Gasteiger partial charge in [-0.3, -0.25) is 4.79 Å². The first-order chi connectivity index (χ1) is 9.15. The molecule has 0 saturated heterocycles. The van der Waals surface area contributed by atoms with Gasteiger partial charge in [0.2, 0.25) is 0 Å². The van der Waals surface area contributed by atoms with Crippen molar-refractivity contribution in [1.29, 1.82) is 0 Å². The highest BCUT2D eigenvalue weighted by atomic mass is 16.5. The van der Waals surface area contributed by atoms with E-state index in [0.29, 0.717) is 12.3 Å². The molecule has 1 rings (SSSR count). The Morgan fingerprint density at radius 2 is 1.95 bits per heavy atom. The van der Waals surface area contributed by atoms with Gasteiger partial charge in [0.15, 0.2) is 6.10 Å². The van der Waals surface area contributed by atoms with Crippen molar-refractivity contribution in [2.75, 3.05) is 20.2 Å². The van der Waals surface area contributed by atoms with E-state index in [2.05, 4.69) is 0 Å². The van der Waals surface area contributed by atoms with Crippen molar-refractivity contribution in [2.24, 2.45) is 0 Å². The summed E-state index contributed by atoms with van der Waals surface area (Å²) in [6, 6.07) is 9.35. The smallest absolute Gasteiger partial charge is 0.263 e. The molecule has 0 bridgehead atoms. The molecule has 0 aliphatic rings. The fourth-order valence-electron chi connectivity index (χ4n) is 1.81. The van der Waals surface area contributed by atoms with E-state index >= 15 is 0 Å². The molecule has 0 aromatic heterocycles. The molecule has 1 atom stereocenters. The third-order valence-corrected chi connectivity index (χ3v) is 2.93. The summed E-state index contributed by atoms with van der Waals surface area (Å²) in [5.41, 5.74) is 0. The van der Waals surface area contributed by atoms with Crippen LogP contribution in [0.2, 0.25) is 0 Å². The first-order valence-corrected chi connectivity index (χ1v) is 6.72. The molecule has 0 aliphatic carbocycles. The number of unbranched alkanes of at least 4 members (excludes halogenated alkanes) is 2. The predicted octanol–water partition coefficient (Wildman–Crippen LogP) is 2.07. The van der Waals surface area contributed by atoms with Crippen LogP contribution in [0, 0.1) is 0 Å². The third-order valence-electron chi connectivity index (χ3n) is 2.93. The molecular formula is C15H23NO3. The number of para-hydroxylation sites is 1. The van der Waals surface area contributed by atoms with Crippen LogP contribution >= 0.6 is 0 Å². The van der Waals surface area contributed by atoms with Crippen molar-refractivity contribution in [3.05, 3.63) is 30.3 Å². The minimum atomic E-state index is -0.481. The lowest BCUT2D eigenvalue weighted by Gasteiger charge is -2.22. The molecule has 0 heterocycles. The molecule has 0 fully saturated rings. The minimum Gasteiger partial charge on any atom is -0.481 e. The third kappa shape index (κ3) is 5.75. The molecule has 1 amide bonds. The number of carbonyl (C=O) groups is 1. The first kappa shape index (κ1) is 15.5. The number of carbonyl (C=O) groups excluding carboxylic acids is 1. The van der Waals surface area contributed by atoms with E-state index in [9.17, 15) is 4.79 Å². The number of likely N-dealkylation sites (N-methyl/N-ethyl adjacent to an activating group) is 1. The highest BCUT2D eigenvalue weighted by Gasteiger charge is 2.18. The van der Waals surface area contributed by atoms with E-state index in [1.165, 1.54) is 0 Å². The average Bonchev–Trinajstić information content (AvgIpc) is 2.43. The van der Waals surface area contributed by atoms with Gasteiger partial charge < -0.3 is 14.7 Å². The number of hydrogen-bond acceptors (Lipinski definition) is 3. The minimum absolute atomic E-state index is 0.0205. The van der Waals surface area contributed by atoms with Crippen LogP contribution in [0.15, 0.2) is 30.3 Å². The van der Waals surface area contributed by atoms with Crippen LogP contribution in [0.5, 0.6) is 5.75 Å². The van der Waals surface area contributed by atoms with Crippen molar-refractivity contribution in [2.45, 2.75) is 32.3 Å². The monoisotopic (exact) mass is 265 g/mol. The lowest BCUT2D eigenvalue weighted by Crippen LogP contribution is -2.38. The molecule has 4 nitrogen and oxygen atoms in total. The number of aliphatic hydroxyl groups is 1. The zero-order valence-electron chi connectivity index (χ0n) is 11.7. The summed E-state index contributed by atoms with van der Waals surface area (Å²) in [4.78, 5) is 13.7. The second kappa shape index (κ2) is 8.53. The Bertz CT molecular complexity index is 367. The Labute approximate surface area is 115 Å². The second-order valence-corrected chi connectivity index (χ2v) is 4.62. The van der Waals surface area contributed by atoms with E-state index in [1.807, 2.05) is 30.3 Å². The van der Waals surface area contributed by atoms with Gasteiger partial charge in [-0.25, -0.2) is 0 Å². The Morgan fingerprint density at radius 3 is 2.58 bits per heavy atom. The number of benzene rings is 1. The van der Waals surface area contributed by atoms with Gasteiger partial charge in [0.1, 0.15) is 5.75 Å². The lowest BCUT2D eigenvalue weighted by molar-refractivity contribution is -0.136. The van der Waals surface area contributed by atoms with Gasteiger partial charge in [-0.2, -0.15) is 0 Å². The maximum atomic E-state index is 12.1. The summed E-state index contributed by atoms with van der Waals surface area (Å²) in [6.45, 7) is 2.67. The van der Waals surface area contributed by atoms with Gasteiger partial charge in [0.25, 0.3) is 5.91 Å². The van der Waals surface area contributed by atoms with Crippen LogP contribution in [0.4, 0.5) is 0 Å². The van der Waals surface area contributed by atoms with Gasteiger partial charge in [-0.1, -0.05) is 18.2 Å². The van der Waals surface area contributed by atoms with E-state index in [0.717, 1.165) is 19.3 Å². The number of ether oxygens (including phenoxy) is 1. The normalized spacial score (nSPS) is 11.9. The number of hydrogen-bond donors (Lipinski definition) is 1. The summed E-state index contributed by atoms with van der Waals surface area (Å²) in [5, 5.41) is 8.69. The number of amides is 1. The van der Waals surface area contributed by atoms with E-state index in [4.69, 9.17) is 9.84 Å². The lowest BCUT2D eigenvalue weighted by atomic mass is 10.2. The van der Waals surface area contributed by atoms with E-state index in [1.54, 1.807) is 18.9 Å². The van der Waals surface area contributed by atoms with Gasteiger partial charge in [-0.05, 0) is 38.3 Å². The standard InChI is InChI=1S/C15H23NO3/c1-13(19-14-9-5-3-6-10-14)15(18)16(2)11-7-4-8-12-17/h3,5-6,9-10,13,17H,4,7-8,11-12H2,1-2H3. The Kier molecular flexibility index (Phi) is 6.97. The Morgan fingerprint density at radius 1 is 1.26 bits per heavy atom. The van der Waals surface area contributed by atoms with Gasteiger partial charge in [0, 0.05) is 20.2 Å². The molecule has 1 unspecified atom stereocenters. The summed E-state index contributed by atoms with van der Waals surface area (Å²) >= 11 is 0. The molecule has 0 spiro atoms. The second-order valence-electron chi connectivity index (χ2n) is 4.62. The van der Waals surface area contributed by atoms with E-state index in [-0.39, 0.29) is 12.5 Å². The molecule has 106 valence electrons. The first-order valence-electron chi connectivity index (χ1n) is 6.72. The van der Waals surface area contributed by atoms with Crippen molar-refractivity contribution in [3.8, 4) is 5.75 Å². The van der Waals surface area contributed by atoms with Crippen LogP contribution < -0.4 is 4.74 Å². The molecule has 0 saturated carbocycles. The summed E-state index contributed by atoms with van der Waals surface area (Å²) in [7, 11) is 1.78. The Hall–Kier alpha value is -1.55. The molecule has 1 aromatic rings. The van der Waals surface area contributed by atoms with Crippen molar-refractivity contribution >= 4 is 5.91 Å². The highest BCUT2D eigenvalue weighted by Crippen LogP contribution is 2.12. The largest absolute Gasteiger partial charge is 0.481 e. The average molecular weight is 265 g/mol. The molecule has 1 aromatic carbocycles. The fraction of sp³-hybridized carbons (Fsp3) is 0.533. The van der Waals surface area contributed by atoms with Crippen LogP contribution in [-0.4, -0.2) is 42.2 Å². The van der Waals surface area contributed by atoms with Crippen LogP contribution in [-0.2, 0) is 4.79 Å². The zero-order chi connectivity index (χ0) is 14.1. The highest BCUT2D eigenvalue weighted by molar-refractivity contribution is 5.80. The fourth-order valence-corrected chi connectivity index (χ4v) is 1.81. The molecule has 19 heavy (non-hydrogen) atoms. The molecular weight excluding hydrogens is 242 g/mol. The SMILES string of the molecule is CC(Oc1ccccc1)C(=O)N(C)CCCCCO. The van der Waals surface area contributed by atoms with Crippen molar-refractivity contribution < 1.29 is 14.6 Å². The molecule has 1 N–H and O–H groups in total. The predicted molar refractivity (Wildman–Crippen MR) is 75.1 cm³/mol.